The Labute approximate surface area is 90.5 Å². The molecule has 0 aliphatic rings. The van der Waals surface area contributed by atoms with E-state index in [9.17, 15) is 10.2 Å². The van der Waals surface area contributed by atoms with Crippen LogP contribution in [0.5, 0.6) is 0 Å². The van der Waals surface area contributed by atoms with E-state index in [1.165, 1.54) is 0 Å². The van der Waals surface area contributed by atoms with Gasteiger partial charge in [0.05, 0.1) is 12.2 Å². The van der Waals surface area contributed by atoms with Crippen LogP contribution < -0.4 is 0 Å². The number of hydrogen-bond donors (Lipinski definition) is 2. The highest BCUT2D eigenvalue weighted by Crippen LogP contribution is 2.12. The fourth-order valence-electron chi connectivity index (χ4n) is 1.56. The minimum atomic E-state index is -0.653. The normalized spacial score (nSPS) is 15.6. The molecule has 0 saturated carbocycles. The SMILES string of the molecule is CC(C)C(O)C(O)CCc1ccnn1C. The van der Waals surface area contributed by atoms with Gasteiger partial charge in [0.25, 0.3) is 0 Å². The van der Waals surface area contributed by atoms with Gasteiger partial charge in [0.15, 0.2) is 0 Å². The Morgan fingerprint density at radius 1 is 1.40 bits per heavy atom. The highest BCUT2D eigenvalue weighted by Gasteiger charge is 2.19. The lowest BCUT2D eigenvalue weighted by Crippen LogP contribution is -2.31. The van der Waals surface area contributed by atoms with Gasteiger partial charge in [-0.25, -0.2) is 0 Å². The van der Waals surface area contributed by atoms with Crippen LogP contribution in [0.25, 0.3) is 0 Å². The standard InChI is InChI=1S/C11H20N2O2/c1-8(2)11(15)10(14)5-4-9-6-7-12-13(9)3/h6-8,10-11,14-15H,4-5H2,1-3H3. The van der Waals surface area contributed by atoms with E-state index in [1.54, 1.807) is 10.9 Å². The Hall–Kier alpha value is -0.870. The lowest BCUT2D eigenvalue weighted by molar-refractivity contribution is -0.0120. The van der Waals surface area contributed by atoms with E-state index < -0.39 is 12.2 Å². The van der Waals surface area contributed by atoms with Crippen molar-refractivity contribution in [3.05, 3.63) is 18.0 Å². The van der Waals surface area contributed by atoms with E-state index in [0.717, 1.165) is 12.1 Å². The van der Waals surface area contributed by atoms with Crippen molar-refractivity contribution in [1.82, 2.24) is 9.78 Å². The first-order valence-corrected chi connectivity index (χ1v) is 5.35. The van der Waals surface area contributed by atoms with Gasteiger partial charge < -0.3 is 10.2 Å². The monoisotopic (exact) mass is 212 g/mol. The Morgan fingerprint density at radius 2 is 2.07 bits per heavy atom. The van der Waals surface area contributed by atoms with Crippen LogP contribution >= 0.6 is 0 Å². The van der Waals surface area contributed by atoms with Crippen molar-refractivity contribution in [1.29, 1.82) is 0 Å². The second-order valence-electron chi connectivity index (χ2n) is 4.29. The Kier molecular flexibility index (Phi) is 4.29. The van der Waals surface area contributed by atoms with E-state index in [1.807, 2.05) is 27.0 Å². The number of aryl methyl sites for hydroxylation is 2. The molecular weight excluding hydrogens is 192 g/mol. The molecule has 4 nitrogen and oxygen atoms in total. The van der Waals surface area contributed by atoms with Gasteiger partial charge in [-0.15, -0.1) is 0 Å². The molecule has 0 amide bonds. The molecule has 2 unspecified atom stereocenters. The molecule has 1 heterocycles. The van der Waals surface area contributed by atoms with Crippen molar-refractivity contribution in [2.75, 3.05) is 0 Å². The van der Waals surface area contributed by atoms with Gasteiger partial charge in [-0.3, -0.25) is 4.68 Å². The molecule has 0 fully saturated rings. The van der Waals surface area contributed by atoms with Gasteiger partial charge in [0.2, 0.25) is 0 Å². The van der Waals surface area contributed by atoms with Crippen LogP contribution in [-0.4, -0.2) is 32.2 Å². The topological polar surface area (TPSA) is 58.3 Å². The predicted octanol–water partition coefficient (Wildman–Crippen LogP) is 0.730. The first kappa shape index (κ1) is 12.2. The third-order valence-electron chi connectivity index (χ3n) is 2.70. The maximum Gasteiger partial charge on any atom is 0.0822 e. The van der Waals surface area contributed by atoms with Gasteiger partial charge >= 0.3 is 0 Å². The summed E-state index contributed by atoms with van der Waals surface area (Å²) in [6.45, 7) is 3.80. The van der Waals surface area contributed by atoms with Crippen LogP contribution in [0.15, 0.2) is 12.3 Å². The van der Waals surface area contributed by atoms with E-state index >= 15 is 0 Å². The molecule has 0 spiro atoms. The maximum atomic E-state index is 9.70. The Bertz CT molecular complexity index is 297. The molecule has 0 aliphatic heterocycles. The number of rotatable bonds is 5. The van der Waals surface area contributed by atoms with E-state index in [4.69, 9.17) is 0 Å². The first-order chi connectivity index (χ1) is 7.02. The van der Waals surface area contributed by atoms with Crippen LogP contribution in [0.3, 0.4) is 0 Å². The second-order valence-corrected chi connectivity index (χ2v) is 4.29. The average molecular weight is 212 g/mol. The van der Waals surface area contributed by atoms with Crippen LogP contribution in [0.4, 0.5) is 0 Å². The van der Waals surface area contributed by atoms with Crippen molar-refractivity contribution in [2.45, 2.75) is 38.9 Å². The molecule has 86 valence electrons. The van der Waals surface area contributed by atoms with E-state index in [2.05, 4.69) is 5.10 Å². The Morgan fingerprint density at radius 3 is 2.53 bits per heavy atom. The molecule has 4 heteroatoms. The molecular formula is C11H20N2O2. The van der Waals surface area contributed by atoms with Crippen molar-refractivity contribution >= 4 is 0 Å². The molecule has 1 aromatic heterocycles. The van der Waals surface area contributed by atoms with Gasteiger partial charge in [0.1, 0.15) is 0 Å². The molecule has 0 aliphatic carbocycles. The van der Waals surface area contributed by atoms with Crippen molar-refractivity contribution in [2.24, 2.45) is 13.0 Å². The summed E-state index contributed by atoms with van der Waals surface area (Å²) in [5, 5.41) is 23.4. The zero-order chi connectivity index (χ0) is 11.4. The third-order valence-corrected chi connectivity index (χ3v) is 2.70. The lowest BCUT2D eigenvalue weighted by atomic mass is 9.98. The zero-order valence-corrected chi connectivity index (χ0v) is 9.59. The molecule has 0 aromatic carbocycles. The summed E-state index contributed by atoms with van der Waals surface area (Å²) < 4.78 is 1.79. The van der Waals surface area contributed by atoms with Crippen molar-refractivity contribution in [3.8, 4) is 0 Å². The predicted molar refractivity (Wildman–Crippen MR) is 58.4 cm³/mol. The molecule has 0 saturated heterocycles. The highest BCUT2D eigenvalue weighted by atomic mass is 16.3. The minimum absolute atomic E-state index is 0.0894. The van der Waals surface area contributed by atoms with E-state index in [0.29, 0.717) is 6.42 Å². The molecule has 0 radical (unpaired) electrons. The highest BCUT2D eigenvalue weighted by molar-refractivity contribution is 5.00. The molecule has 1 rings (SSSR count). The number of aliphatic hydroxyl groups is 2. The van der Waals surface area contributed by atoms with Gasteiger partial charge in [-0.2, -0.15) is 5.10 Å². The fraction of sp³-hybridized carbons (Fsp3) is 0.727. The summed E-state index contributed by atoms with van der Waals surface area (Å²) in [6.07, 6.45) is 1.75. The Balaban J connectivity index is 2.40. The lowest BCUT2D eigenvalue weighted by Gasteiger charge is -2.20. The number of aliphatic hydroxyl groups excluding tert-OH is 2. The van der Waals surface area contributed by atoms with Gasteiger partial charge in [-0.1, -0.05) is 13.8 Å². The number of aromatic nitrogens is 2. The van der Waals surface area contributed by atoms with Crippen molar-refractivity contribution in [3.63, 3.8) is 0 Å². The maximum absolute atomic E-state index is 9.70. The van der Waals surface area contributed by atoms with Crippen LogP contribution in [0.1, 0.15) is 26.0 Å². The van der Waals surface area contributed by atoms with Gasteiger partial charge in [-0.05, 0) is 24.8 Å². The summed E-state index contributed by atoms with van der Waals surface area (Å²) in [7, 11) is 1.88. The third kappa shape index (κ3) is 3.32. The molecule has 1 aromatic rings. The summed E-state index contributed by atoms with van der Waals surface area (Å²) >= 11 is 0. The molecule has 2 atom stereocenters. The van der Waals surface area contributed by atoms with Crippen molar-refractivity contribution < 1.29 is 10.2 Å². The number of hydrogen-bond acceptors (Lipinski definition) is 3. The summed E-state index contributed by atoms with van der Waals surface area (Å²) in [6, 6.07) is 1.93. The zero-order valence-electron chi connectivity index (χ0n) is 9.59. The minimum Gasteiger partial charge on any atom is -0.390 e. The fourth-order valence-corrected chi connectivity index (χ4v) is 1.56. The quantitative estimate of drug-likeness (QED) is 0.756. The molecule has 2 N–H and O–H groups in total. The molecule has 15 heavy (non-hydrogen) atoms. The second kappa shape index (κ2) is 5.28. The summed E-state index contributed by atoms with van der Waals surface area (Å²) in [4.78, 5) is 0. The average Bonchev–Trinajstić information content (AvgIpc) is 2.59. The molecule has 0 bridgehead atoms. The van der Waals surface area contributed by atoms with Crippen LogP contribution in [0.2, 0.25) is 0 Å². The van der Waals surface area contributed by atoms with Gasteiger partial charge in [0, 0.05) is 18.9 Å². The van der Waals surface area contributed by atoms with Crippen LogP contribution in [0, 0.1) is 5.92 Å². The smallest absolute Gasteiger partial charge is 0.0822 e. The largest absolute Gasteiger partial charge is 0.390 e. The van der Waals surface area contributed by atoms with E-state index in [-0.39, 0.29) is 5.92 Å². The summed E-state index contributed by atoms with van der Waals surface area (Å²) in [5.41, 5.74) is 1.07. The van der Waals surface area contributed by atoms with Crippen LogP contribution in [-0.2, 0) is 13.5 Å². The number of nitrogens with zero attached hydrogens (tertiary/aromatic N) is 2. The summed E-state index contributed by atoms with van der Waals surface area (Å²) in [5.74, 6) is 0.0894. The first-order valence-electron chi connectivity index (χ1n) is 5.35.